The van der Waals surface area contributed by atoms with Gasteiger partial charge in [0, 0.05) is 30.6 Å². The Bertz CT molecular complexity index is 408. The molecule has 3 aliphatic rings. The Morgan fingerprint density at radius 1 is 1.41 bits per heavy atom. The van der Waals surface area contributed by atoms with Gasteiger partial charge in [0.2, 0.25) is 5.91 Å². The number of nitrogens with zero attached hydrogens (tertiary/aromatic N) is 2. The van der Waals surface area contributed by atoms with Crippen molar-refractivity contribution in [2.24, 2.45) is 5.92 Å². The number of rotatable bonds is 1. The molecule has 0 aromatic heterocycles. The van der Waals surface area contributed by atoms with E-state index in [4.69, 9.17) is 0 Å². The van der Waals surface area contributed by atoms with Crippen LogP contribution in [0.1, 0.15) is 25.7 Å². The van der Waals surface area contributed by atoms with Crippen molar-refractivity contribution in [2.75, 3.05) is 20.6 Å². The van der Waals surface area contributed by atoms with Crippen molar-refractivity contribution in [1.82, 2.24) is 9.80 Å². The Hall–Kier alpha value is -1.09. The largest absolute Gasteiger partial charge is 0.314 e. The Kier molecular flexibility index (Phi) is 2.58. The van der Waals surface area contributed by atoms with Gasteiger partial charge >= 0.3 is 0 Å². The van der Waals surface area contributed by atoms with E-state index in [0.717, 1.165) is 32.2 Å². The van der Waals surface area contributed by atoms with Gasteiger partial charge in [0.05, 0.1) is 0 Å². The average molecular weight is 232 g/mol. The van der Waals surface area contributed by atoms with E-state index in [1.165, 1.54) is 11.3 Å². The molecule has 92 valence electrons. The number of piperidine rings is 1. The van der Waals surface area contributed by atoms with Crippen LogP contribution in [-0.2, 0) is 4.79 Å². The third-order valence-corrected chi connectivity index (χ3v) is 4.33. The van der Waals surface area contributed by atoms with Gasteiger partial charge in [-0.3, -0.25) is 4.79 Å². The molecule has 0 aromatic rings. The van der Waals surface area contributed by atoms with Gasteiger partial charge in [-0.15, -0.1) is 0 Å². The zero-order valence-corrected chi connectivity index (χ0v) is 10.6. The second-order valence-corrected chi connectivity index (χ2v) is 5.61. The molecule has 0 radical (unpaired) electrons. The average Bonchev–Trinajstić information content (AvgIpc) is 2.33. The summed E-state index contributed by atoms with van der Waals surface area (Å²) >= 11 is 0. The second kappa shape index (κ2) is 3.98. The number of hydrogen-bond donors (Lipinski definition) is 0. The molecule has 0 aromatic carbocycles. The molecule has 0 spiro atoms. The van der Waals surface area contributed by atoms with Crippen LogP contribution in [0.4, 0.5) is 0 Å². The normalized spacial score (nSPS) is 32.2. The lowest BCUT2D eigenvalue weighted by atomic mass is 9.80. The van der Waals surface area contributed by atoms with E-state index in [9.17, 15) is 4.79 Å². The van der Waals surface area contributed by atoms with Gasteiger partial charge in [-0.2, -0.15) is 0 Å². The molecule has 0 saturated carbocycles. The number of likely N-dealkylation sites (N-methyl/N-ethyl adjacent to an activating group) is 1. The SMILES string of the molecule is CN(C)C1CC2=C3C(CC=C2)CCC(=O)N3C1. The molecule has 3 heteroatoms. The topological polar surface area (TPSA) is 23.6 Å². The maximum atomic E-state index is 12.1. The van der Waals surface area contributed by atoms with Crippen LogP contribution in [0.25, 0.3) is 0 Å². The zero-order valence-electron chi connectivity index (χ0n) is 10.6. The Morgan fingerprint density at radius 3 is 3.00 bits per heavy atom. The van der Waals surface area contributed by atoms with Crippen LogP contribution in [0.5, 0.6) is 0 Å². The van der Waals surface area contributed by atoms with E-state index in [0.29, 0.717) is 17.9 Å². The highest BCUT2D eigenvalue weighted by molar-refractivity contribution is 5.80. The third-order valence-electron chi connectivity index (χ3n) is 4.33. The quantitative estimate of drug-likeness (QED) is 0.688. The molecule has 3 nitrogen and oxygen atoms in total. The van der Waals surface area contributed by atoms with E-state index in [2.05, 4.69) is 36.0 Å². The fourth-order valence-electron chi connectivity index (χ4n) is 3.30. The van der Waals surface area contributed by atoms with Gasteiger partial charge in [-0.1, -0.05) is 12.2 Å². The number of allylic oxidation sites excluding steroid dienone is 3. The summed E-state index contributed by atoms with van der Waals surface area (Å²) in [6.07, 6.45) is 8.53. The van der Waals surface area contributed by atoms with Crippen LogP contribution in [0, 0.1) is 5.92 Å². The highest BCUT2D eigenvalue weighted by atomic mass is 16.2. The summed E-state index contributed by atoms with van der Waals surface area (Å²) in [7, 11) is 4.21. The third kappa shape index (κ3) is 1.73. The number of hydrogen-bond acceptors (Lipinski definition) is 2. The molecule has 1 saturated heterocycles. The molecule has 2 heterocycles. The highest BCUT2D eigenvalue weighted by Gasteiger charge is 2.38. The fraction of sp³-hybridized carbons (Fsp3) is 0.643. The van der Waals surface area contributed by atoms with Gasteiger partial charge < -0.3 is 9.80 Å². The van der Waals surface area contributed by atoms with Crippen molar-refractivity contribution in [1.29, 1.82) is 0 Å². The maximum absolute atomic E-state index is 12.1. The van der Waals surface area contributed by atoms with Gasteiger partial charge in [-0.05, 0) is 38.9 Å². The Balaban J connectivity index is 1.99. The highest BCUT2D eigenvalue weighted by Crippen LogP contribution is 2.40. The molecule has 1 amide bonds. The minimum absolute atomic E-state index is 0.329. The first kappa shape index (κ1) is 11.0. The van der Waals surface area contributed by atoms with Crippen molar-refractivity contribution in [3.63, 3.8) is 0 Å². The molecule has 0 N–H and O–H groups in total. The Labute approximate surface area is 103 Å². The molecule has 1 fully saturated rings. The summed E-state index contributed by atoms with van der Waals surface area (Å²) in [6, 6.07) is 0.471. The monoisotopic (exact) mass is 232 g/mol. The van der Waals surface area contributed by atoms with Gasteiger partial charge in [0.25, 0.3) is 0 Å². The molecule has 0 bridgehead atoms. The standard InChI is InChI=1S/C14H20N2O/c1-15(2)12-8-11-5-3-4-10-6-7-13(17)16(9-12)14(10)11/h3,5,10,12H,4,6-9H2,1-2H3. The number of amides is 1. The van der Waals surface area contributed by atoms with E-state index in [1.54, 1.807) is 0 Å². The summed E-state index contributed by atoms with van der Waals surface area (Å²) < 4.78 is 0. The van der Waals surface area contributed by atoms with E-state index >= 15 is 0 Å². The summed E-state index contributed by atoms with van der Waals surface area (Å²) in [6.45, 7) is 0.884. The summed E-state index contributed by atoms with van der Waals surface area (Å²) in [5, 5.41) is 0. The van der Waals surface area contributed by atoms with Crippen LogP contribution in [0.3, 0.4) is 0 Å². The zero-order chi connectivity index (χ0) is 12.0. The predicted molar refractivity (Wildman–Crippen MR) is 67.3 cm³/mol. The van der Waals surface area contributed by atoms with Crippen LogP contribution in [0.2, 0.25) is 0 Å². The molecule has 2 aliphatic heterocycles. The van der Waals surface area contributed by atoms with E-state index < -0.39 is 0 Å². The van der Waals surface area contributed by atoms with Gasteiger partial charge in [0.1, 0.15) is 0 Å². The lowest BCUT2D eigenvalue weighted by molar-refractivity contribution is -0.133. The Morgan fingerprint density at radius 2 is 2.24 bits per heavy atom. The van der Waals surface area contributed by atoms with Crippen LogP contribution in [0.15, 0.2) is 23.4 Å². The van der Waals surface area contributed by atoms with Gasteiger partial charge in [-0.25, -0.2) is 0 Å². The summed E-state index contributed by atoms with van der Waals surface area (Å²) in [5.41, 5.74) is 2.75. The van der Waals surface area contributed by atoms with Crippen LogP contribution >= 0.6 is 0 Å². The van der Waals surface area contributed by atoms with Crippen molar-refractivity contribution < 1.29 is 4.79 Å². The number of carbonyl (C=O) groups is 1. The van der Waals surface area contributed by atoms with Crippen LogP contribution < -0.4 is 0 Å². The van der Waals surface area contributed by atoms with Crippen molar-refractivity contribution in [2.45, 2.75) is 31.7 Å². The van der Waals surface area contributed by atoms with Crippen molar-refractivity contribution in [3.05, 3.63) is 23.4 Å². The molecular weight excluding hydrogens is 212 g/mol. The lowest BCUT2D eigenvalue weighted by Crippen LogP contribution is -2.50. The minimum Gasteiger partial charge on any atom is -0.314 e. The first-order valence-electron chi connectivity index (χ1n) is 6.53. The molecule has 2 unspecified atom stereocenters. The first-order chi connectivity index (χ1) is 8.16. The summed E-state index contributed by atoms with van der Waals surface area (Å²) in [4.78, 5) is 16.4. The molecular formula is C14H20N2O. The fourth-order valence-corrected chi connectivity index (χ4v) is 3.30. The maximum Gasteiger partial charge on any atom is 0.226 e. The van der Waals surface area contributed by atoms with Crippen molar-refractivity contribution in [3.8, 4) is 0 Å². The lowest BCUT2D eigenvalue weighted by Gasteiger charge is -2.45. The predicted octanol–water partition coefficient (Wildman–Crippen LogP) is 1.77. The minimum atomic E-state index is 0.329. The smallest absolute Gasteiger partial charge is 0.226 e. The molecule has 2 atom stereocenters. The second-order valence-electron chi connectivity index (χ2n) is 5.61. The van der Waals surface area contributed by atoms with E-state index in [-0.39, 0.29) is 0 Å². The van der Waals surface area contributed by atoms with Gasteiger partial charge in [0.15, 0.2) is 0 Å². The van der Waals surface area contributed by atoms with E-state index in [1.807, 2.05) is 0 Å². The van der Waals surface area contributed by atoms with Crippen LogP contribution in [-0.4, -0.2) is 42.4 Å². The molecule has 3 rings (SSSR count). The molecule has 1 aliphatic carbocycles. The first-order valence-corrected chi connectivity index (χ1v) is 6.53. The molecule has 17 heavy (non-hydrogen) atoms. The van der Waals surface area contributed by atoms with Crippen molar-refractivity contribution >= 4 is 5.91 Å². The summed E-state index contributed by atoms with van der Waals surface area (Å²) in [5.74, 6) is 0.936. The number of carbonyl (C=O) groups excluding carboxylic acids is 1.